The number of nitrogens with two attached hydrogens (primary N) is 1. The van der Waals surface area contributed by atoms with E-state index in [0.29, 0.717) is 28.9 Å². The minimum Gasteiger partial charge on any atom is -0.460 e. The Morgan fingerprint density at radius 1 is 1.09 bits per heavy atom. The smallest absolute Gasteiger partial charge is 0.312 e. The lowest BCUT2D eigenvalue weighted by Crippen LogP contribution is -2.57. The molecule has 7 rings (SSSR count). The van der Waals surface area contributed by atoms with Gasteiger partial charge in [0.15, 0.2) is 0 Å². The minimum atomic E-state index is -0.417. The van der Waals surface area contributed by atoms with Crippen LogP contribution in [0.5, 0.6) is 0 Å². The van der Waals surface area contributed by atoms with Crippen LogP contribution in [0.3, 0.4) is 0 Å². The van der Waals surface area contributed by atoms with Crippen LogP contribution in [0.4, 0.5) is 5.82 Å². The lowest BCUT2D eigenvalue weighted by Gasteiger charge is -2.61. The number of nitrogens with one attached hydrogen (secondary N) is 1. The molecule has 3 N–H and O–H groups in total. The number of aromatic nitrogens is 2. The van der Waals surface area contributed by atoms with Crippen LogP contribution in [-0.4, -0.2) is 15.9 Å². The Labute approximate surface area is 186 Å². The van der Waals surface area contributed by atoms with Crippen LogP contribution in [0.1, 0.15) is 49.7 Å². The number of nitrogen functional groups attached to an aromatic ring is 1. The zero-order valence-electron chi connectivity index (χ0n) is 18.0. The first-order chi connectivity index (χ1) is 15.4. The number of carbonyl (C=O) groups excluding carboxylic acids is 1. The molecule has 0 spiro atoms. The molecule has 4 fully saturated rings. The Hall–Kier alpha value is -3.15. The van der Waals surface area contributed by atoms with Crippen molar-refractivity contribution in [3.8, 4) is 0 Å². The molecule has 164 valence electrons. The largest absolute Gasteiger partial charge is 0.460 e. The molecular weight excluding hydrogens is 402 g/mol. The van der Waals surface area contributed by atoms with Crippen molar-refractivity contribution in [3.05, 3.63) is 70.0 Å². The Morgan fingerprint density at radius 2 is 1.84 bits per heavy atom. The third kappa shape index (κ3) is 3.04. The van der Waals surface area contributed by atoms with Crippen molar-refractivity contribution >= 4 is 22.8 Å². The highest BCUT2D eigenvalue weighted by molar-refractivity contribution is 5.81. The summed E-state index contributed by atoms with van der Waals surface area (Å²) in [7, 11) is 0. The monoisotopic (exact) mass is 429 g/mol. The summed E-state index contributed by atoms with van der Waals surface area (Å²) in [5.41, 5.74) is 7.60. The molecule has 4 saturated carbocycles. The number of pyridine rings is 2. The average molecular weight is 430 g/mol. The average Bonchev–Trinajstić information content (AvgIpc) is 2.76. The number of H-pyrrole nitrogens is 1. The first kappa shape index (κ1) is 19.5. The summed E-state index contributed by atoms with van der Waals surface area (Å²) in [5.74, 6) is 1.39. The molecule has 4 bridgehead atoms. The molecule has 3 aromatic rings. The number of esters is 1. The molecule has 6 nitrogen and oxygen atoms in total. The number of rotatable bonds is 4. The summed E-state index contributed by atoms with van der Waals surface area (Å²) in [4.78, 5) is 32.6. The van der Waals surface area contributed by atoms with Crippen molar-refractivity contribution in [3.63, 3.8) is 0 Å². The predicted molar refractivity (Wildman–Crippen MR) is 122 cm³/mol. The van der Waals surface area contributed by atoms with Crippen LogP contribution < -0.4 is 11.3 Å². The maximum absolute atomic E-state index is 13.6. The van der Waals surface area contributed by atoms with E-state index in [-0.39, 0.29) is 23.6 Å². The summed E-state index contributed by atoms with van der Waals surface area (Å²) in [6, 6.07) is 15.7. The van der Waals surface area contributed by atoms with Crippen molar-refractivity contribution < 1.29 is 9.53 Å². The molecular formula is C26H27N3O3. The van der Waals surface area contributed by atoms with E-state index >= 15 is 0 Å². The van der Waals surface area contributed by atoms with Crippen molar-refractivity contribution in [1.29, 1.82) is 0 Å². The van der Waals surface area contributed by atoms with E-state index in [9.17, 15) is 9.59 Å². The number of hydrogen-bond donors (Lipinski definition) is 2. The van der Waals surface area contributed by atoms with Gasteiger partial charge in [0.2, 0.25) is 5.56 Å². The molecule has 32 heavy (non-hydrogen) atoms. The SMILES string of the molecule is Nc1ccc2c(COC(=O)C34CC5CC(C3)CC(c3ccccc3)(C5)C4)cc(=O)[nH]c2n1. The first-order valence-electron chi connectivity index (χ1n) is 11.5. The highest BCUT2D eigenvalue weighted by Crippen LogP contribution is 2.66. The molecule has 2 unspecified atom stereocenters. The van der Waals surface area contributed by atoms with E-state index in [0.717, 1.165) is 24.6 Å². The van der Waals surface area contributed by atoms with E-state index in [1.165, 1.54) is 30.9 Å². The van der Waals surface area contributed by atoms with Gasteiger partial charge in [-0.1, -0.05) is 30.3 Å². The van der Waals surface area contributed by atoms with Gasteiger partial charge in [-0.2, -0.15) is 0 Å². The topological polar surface area (TPSA) is 98.1 Å². The molecule has 4 aliphatic rings. The highest BCUT2D eigenvalue weighted by atomic mass is 16.5. The Balaban J connectivity index is 1.29. The van der Waals surface area contributed by atoms with E-state index in [4.69, 9.17) is 10.5 Å². The number of aromatic amines is 1. The summed E-state index contributed by atoms with van der Waals surface area (Å²) < 4.78 is 5.94. The van der Waals surface area contributed by atoms with Gasteiger partial charge in [0.25, 0.3) is 0 Å². The van der Waals surface area contributed by atoms with Crippen LogP contribution >= 0.6 is 0 Å². The Kier molecular flexibility index (Phi) is 4.23. The van der Waals surface area contributed by atoms with E-state index in [2.05, 4.69) is 40.3 Å². The fraction of sp³-hybridized carbons (Fsp3) is 0.423. The molecule has 2 heterocycles. The zero-order chi connectivity index (χ0) is 21.9. The summed E-state index contributed by atoms with van der Waals surface area (Å²) >= 11 is 0. The number of hydrogen-bond acceptors (Lipinski definition) is 5. The lowest BCUT2D eigenvalue weighted by molar-refractivity contribution is -0.175. The molecule has 0 radical (unpaired) electrons. The zero-order valence-corrected chi connectivity index (χ0v) is 18.0. The summed E-state index contributed by atoms with van der Waals surface area (Å²) in [6.45, 7) is 0.0697. The van der Waals surface area contributed by atoms with Crippen LogP contribution in [0, 0.1) is 17.3 Å². The van der Waals surface area contributed by atoms with Gasteiger partial charge in [-0.25, -0.2) is 4.98 Å². The molecule has 0 aliphatic heterocycles. The molecule has 2 atom stereocenters. The third-order valence-electron chi connectivity index (χ3n) is 8.05. The van der Waals surface area contributed by atoms with E-state index in [1.807, 2.05) is 6.07 Å². The van der Waals surface area contributed by atoms with Crippen LogP contribution in [0.25, 0.3) is 11.0 Å². The first-order valence-corrected chi connectivity index (χ1v) is 11.5. The number of carbonyl (C=O) groups is 1. The van der Waals surface area contributed by atoms with Crippen molar-refractivity contribution in [2.24, 2.45) is 17.3 Å². The minimum absolute atomic E-state index is 0.0697. The van der Waals surface area contributed by atoms with Gasteiger partial charge in [-0.3, -0.25) is 9.59 Å². The van der Waals surface area contributed by atoms with Crippen molar-refractivity contribution in [2.75, 3.05) is 5.73 Å². The van der Waals surface area contributed by atoms with Crippen LogP contribution in [0.2, 0.25) is 0 Å². The number of ether oxygens (including phenoxy) is 1. The molecule has 0 amide bonds. The Morgan fingerprint density at radius 3 is 2.59 bits per heavy atom. The molecule has 4 aliphatic carbocycles. The van der Waals surface area contributed by atoms with E-state index in [1.54, 1.807) is 6.07 Å². The van der Waals surface area contributed by atoms with Gasteiger partial charge in [-0.15, -0.1) is 0 Å². The van der Waals surface area contributed by atoms with Gasteiger partial charge in [-0.05, 0) is 73.5 Å². The maximum Gasteiger partial charge on any atom is 0.312 e. The molecule has 0 saturated heterocycles. The van der Waals surface area contributed by atoms with Crippen LogP contribution in [-0.2, 0) is 21.6 Å². The fourth-order valence-corrected chi connectivity index (χ4v) is 7.26. The highest BCUT2D eigenvalue weighted by Gasteiger charge is 2.61. The summed E-state index contributed by atoms with van der Waals surface area (Å²) in [6.07, 6.45) is 6.29. The second-order valence-electron chi connectivity index (χ2n) is 10.3. The quantitative estimate of drug-likeness (QED) is 0.609. The van der Waals surface area contributed by atoms with Crippen molar-refractivity contribution in [2.45, 2.75) is 50.5 Å². The second kappa shape index (κ2) is 6.92. The number of anilines is 1. The standard InChI is InChI=1S/C26H27N3O3/c27-21-7-6-20-18(9-22(30)29-23(20)28-21)14-32-24(31)26-12-16-8-17(13-26)11-25(10-16,15-26)19-4-2-1-3-5-19/h1-7,9,16-17H,8,10-15H2,(H3,27,28,29,30). The van der Waals surface area contributed by atoms with Gasteiger partial charge >= 0.3 is 5.97 Å². The lowest BCUT2D eigenvalue weighted by atomic mass is 9.43. The van der Waals surface area contributed by atoms with Crippen molar-refractivity contribution in [1.82, 2.24) is 9.97 Å². The normalized spacial score (nSPS) is 30.5. The molecule has 6 heteroatoms. The predicted octanol–water partition coefficient (Wildman–Crippen LogP) is 4.09. The molecule has 1 aromatic carbocycles. The maximum atomic E-state index is 13.6. The fourth-order valence-electron chi connectivity index (χ4n) is 7.26. The van der Waals surface area contributed by atoms with Gasteiger partial charge in [0, 0.05) is 17.0 Å². The van der Waals surface area contributed by atoms with Crippen LogP contribution in [0.15, 0.2) is 53.3 Å². The number of fused-ring (bicyclic) bond motifs is 1. The van der Waals surface area contributed by atoms with E-state index < -0.39 is 5.41 Å². The van der Waals surface area contributed by atoms with Gasteiger partial charge in [0.1, 0.15) is 18.1 Å². The van der Waals surface area contributed by atoms with Gasteiger partial charge in [0.05, 0.1) is 5.41 Å². The summed E-state index contributed by atoms with van der Waals surface area (Å²) in [5, 5.41) is 0.748. The molecule has 2 aromatic heterocycles. The second-order valence-corrected chi connectivity index (χ2v) is 10.3. The third-order valence-corrected chi connectivity index (χ3v) is 8.05. The number of benzene rings is 1. The number of nitrogens with zero attached hydrogens (tertiary/aromatic N) is 1. The van der Waals surface area contributed by atoms with Gasteiger partial charge < -0.3 is 15.5 Å². The Bertz CT molecular complexity index is 1250.